The van der Waals surface area contributed by atoms with Crippen LogP contribution in [-0.2, 0) is 16.6 Å². The second kappa shape index (κ2) is 9.00. The van der Waals surface area contributed by atoms with Gasteiger partial charge in [0, 0.05) is 5.69 Å². The van der Waals surface area contributed by atoms with Crippen LogP contribution >= 0.6 is 24.0 Å². The smallest absolute Gasteiger partial charge is 0.240 e. The maximum atomic E-state index is 11.6. The number of rotatable bonds is 5. The molecule has 0 amide bonds. The van der Waals surface area contributed by atoms with E-state index in [0.717, 1.165) is 11.3 Å². The van der Waals surface area contributed by atoms with Crippen molar-refractivity contribution >= 4 is 45.6 Å². The zero-order chi connectivity index (χ0) is 16.9. The normalized spacial score (nSPS) is 11.7. The largest absolute Gasteiger partial charge is 0.370 e. The molecule has 2 rings (SSSR count). The molecule has 0 aliphatic heterocycles. The number of anilines is 1. The van der Waals surface area contributed by atoms with E-state index in [-0.39, 0.29) is 28.9 Å². The lowest BCUT2D eigenvalue weighted by Crippen LogP contribution is -2.22. The molecule has 2 aromatic carbocycles. The number of halogens is 1. The molecule has 4 N–H and O–H groups in total. The predicted molar refractivity (Wildman–Crippen MR) is 108 cm³/mol. The summed E-state index contributed by atoms with van der Waals surface area (Å²) in [6, 6.07) is 14.3. The van der Waals surface area contributed by atoms with Gasteiger partial charge in [0.2, 0.25) is 10.0 Å². The van der Waals surface area contributed by atoms with Crippen molar-refractivity contribution in [3.05, 3.63) is 59.7 Å². The molecule has 130 valence electrons. The van der Waals surface area contributed by atoms with Crippen molar-refractivity contribution in [1.29, 1.82) is 0 Å². The third kappa shape index (κ3) is 5.77. The Bertz CT molecular complexity index is 788. The molecule has 0 unspecified atom stereocenters. The van der Waals surface area contributed by atoms with Gasteiger partial charge in [-0.15, -0.1) is 24.0 Å². The number of nitrogens with two attached hydrogens (primary N) is 1. The van der Waals surface area contributed by atoms with Crippen LogP contribution in [0.5, 0.6) is 0 Å². The fourth-order valence-electron chi connectivity index (χ4n) is 1.89. The zero-order valence-electron chi connectivity index (χ0n) is 13.5. The van der Waals surface area contributed by atoms with E-state index in [1.165, 1.54) is 12.6 Å². The summed E-state index contributed by atoms with van der Waals surface area (Å²) in [5, 5.41) is 3.01. The molecule has 6 nitrogen and oxygen atoms in total. The second-order valence-corrected chi connectivity index (χ2v) is 6.93. The van der Waals surface area contributed by atoms with E-state index in [9.17, 15) is 8.42 Å². The van der Waals surface area contributed by atoms with Gasteiger partial charge in [-0.3, -0.25) is 0 Å². The number of hydrogen-bond donors (Lipinski definition) is 3. The van der Waals surface area contributed by atoms with Gasteiger partial charge in [0.1, 0.15) is 0 Å². The molecule has 0 fully saturated rings. The lowest BCUT2D eigenvalue weighted by molar-refractivity contribution is 0.588. The molecule has 2 aromatic rings. The van der Waals surface area contributed by atoms with Crippen molar-refractivity contribution in [2.75, 3.05) is 12.4 Å². The van der Waals surface area contributed by atoms with E-state index >= 15 is 0 Å². The summed E-state index contributed by atoms with van der Waals surface area (Å²) in [7, 11) is -2.03. The SMILES string of the molecule is CNS(=O)(=O)c1ccc(CN=C(N)Nc2ccc(C)cc2)cc1.I. The van der Waals surface area contributed by atoms with E-state index in [1.54, 1.807) is 24.3 Å². The predicted octanol–water partition coefficient (Wildman–Crippen LogP) is 2.45. The first-order valence-electron chi connectivity index (χ1n) is 7.07. The monoisotopic (exact) mass is 460 g/mol. The molecule has 0 radical (unpaired) electrons. The van der Waals surface area contributed by atoms with Crippen molar-refractivity contribution in [3.63, 3.8) is 0 Å². The number of hydrogen-bond acceptors (Lipinski definition) is 3. The van der Waals surface area contributed by atoms with Crippen LogP contribution in [0.4, 0.5) is 5.69 Å². The lowest BCUT2D eigenvalue weighted by atomic mass is 10.2. The molecular formula is C16H21IN4O2S. The number of benzene rings is 2. The van der Waals surface area contributed by atoms with E-state index in [2.05, 4.69) is 15.0 Å². The van der Waals surface area contributed by atoms with Crippen molar-refractivity contribution in [1.82, 2.24) is 4.72 Å². The highest BCUT2D eigenvalue weighted by Gasteiger charge is 2.10. The summed E-state index contributed by atoms with van der Waals surface area (Å²) in [5.74, 6) is 0.306. The summed E-state index contributed by atoms with van der Waals surface area (Å²) in [5.41, 5.74) is 8.75. The van der Waals surface area contributed by atoms with E-state index in [1.807, 2.05) is 31.2 Å². The van der Waals surface area contributed by atoms with E-state index in [4.69, 9.17) is 5.73 Å². The van der Waals surface area contributed by atoms with Gasteiger partial charge in [0.05, 0.1) is 11.4 Å². The van der Waals surface area contributed by atoms with Gasteiger partial charge < -0.3 is 11.1 Å². The first-order valence-corrected chi connectivity index (χ1v) is 8.55. The molecule has 0 spiro atoms. The maximum Gasteiger partial charge on any atom is 0.240 e. The van der Waals surface area contributed by atoms with Gasteiger partial charge in [0.15, 0.2) is 5.96 Å². The Morgan fingerprint density at radius 2 is 1.67 bits per heavy atom. The molecule has 0 bridgehead atoms. The van der Waals surface area contributed by atoms with Gasteiger partial charge in [0.25, 0.3) is 0 Å². The van der Waals surface area contributed by atoms with Gasteiger partial charge in [-0.1, -0.05) is 29.8 Å². The fourth-order valence-corrected chi connectivity index (χ4v) is 2.62. The van der Waals surface area contributed by atoms with Gasteiger partial charge in [-0.25, -0.2) is 18.1 Å². The number of nitrogens with one attached hydrogen (secondary N) is 2. The summed E-state index contributed by atoms with van der Waals surface area (Å²) in [4.78, 5) is 4.46. The summed E-state index contributed by atoms with van der Waals surface area (Å²) in [6.45, 7) is 2.38. The highest BCUT2D eigenvalue weighted by atomic mass is 127. The van der Waals surface area contributed by atoms with Crippen LogP contribution in [0.15, 0.2) is 58.4 Å². The molecular weight excluding hydrogens is 439 g/mol. The molecule has 0 aliphatic carbocycles. The molecule has 0 aliphatic rings. The minimum absolute atomic E-state index is 0. The van der Waals surface area contributed by atoms with Crippen LogP contribution in [0.1, 0.15) is 11.1 Å². The third-order valence-electron chi connectivity index (χ3n) is 3.26. The zero-order valence-corrected chi connectivity index (χ0v) is 16.6. The topological polar surface area (TPSA) is 96.6 Å². The number of guanidine groups is 1. The molecule has 8 heteroatoms. The minimum atomic E-state index is -3.41. The Labute approximate surface area is 159 Å². The molecule has 24 heavy (non-hydrogen) atoms. The summed E-state index contributed by atoms with van der Waals surface area (Å²) in [6.07, 6.45) is 0. The highest BCUT2D eigenvalue weighted by molar-refractivity contribution is 14.0. The number of sulfonamides is 1. The van der Waals surface area contributed by atoms with Crippen LogP contribution in [0.2, 0.25) is 0 Å². The van der Waals surface area contributed by atoms with Crippen LogP contribution in [-0.4, -0.2) is 21.4 Å². The van der Waals surface area contributed by atoms with E-state index in [0.29, 0.717) is 12.5 Å². The minimum Gasteiger partial charge on any atom is -0.370 e. The Balaban J connectivity index is 0.00000288. The van der Waals surface area contributed by atoms with Crippen molar-refractivity contribution < 1.29 is 8.42 Å². The third-order valence-corrected chi connectivity index (χ3v) is 4.69. The highest BCUT2D eigenvalue weighted by Crippen LogP contribution is 2.11. The Hall–Kier alpha value is -1.65. The average Bonchev–Trinajstić information content (AvgIpc) is 2.55. The molecule has 0 heterocycles. The van der Waals surface area contributed by atoms with Gasteiger partial charge >= 0.3 is 0 Å². The second-order valence-electron chi connectivity index (χ2n) is 5.04. The first-order chi connectivity index (χ1) is 10.9. The lowest BCUT2D eigenvalue weighted by Gasteiger charge is -2.06. The maximum absolute atomic E-state index is 11.6. The van der Waals surface area contributed by atoms with Crippen molar-refractivity contribution in [2.24, 2.45) is 10.7 Å². The molecule has 0 aromatic heterocycles. The first kappa shape index (κ1) is 20.4. The molecule has 0 atom stereocenters. The van der Waals surface area contributed by atoms with Crippen LogP contribution in [0.25, 0.3) is 0 Å². The Morgan fingerprint density at radius 3 is 2.21 bits per heavy atom. The quantitative estimate of drug-likeness (QED) is 0.363. The van der Waals surface area contributed by atoms with Crippen LogP contribution < -0.4 is 15.8 Å². The number of aryl methyl sites for hydroxylation is 1. The summed E-state index contributed by atoms with van der Waals surface area (Å²) >= 11 is 0. The Kier molecular flexibility index (Phi) is 7.64. The average molecular weight is 460 g/mol. The van der Waals surface area contributed by atoms with Crippen molar-refractivity contribution in [2.45, 2.75) is 18.4 Å². The fraction of sp³-hybridized carbons (Fsp3) is 0.188. The van der Waals surface area contributed by atoms with Crippen LogP contribution in [0, 0.1) is 6.92 Å². The van der Waals surface area contributed by atoms with E-state index < -0.39 is 10.0 Å². The van der Waals surface area contributed by atoms with Gasteiger partial charge in [-0.2, -0.15) is 0 Å². The summed E-state index contributed by atoms with van der Waals surface area (Å²) < 4.78 is 25.5. The Morgan fingerprint density at radius 1 is 1.08 bits per heavy atom. The molecule has 0 saturated heterocycles. The van der Waals surface area contributed by atoms with Crippen molar-refractivity contribution in [3.8, 4) is 0 Å². The standard InChI is InChI=1S/C16H20N4O2S.HI/c1-12-3-7-14(8-4-12)20-16(17)19-11-13-5-9-15(10-6-13)23(21,22)18-2;/h3-10,18H,11H2,1-2H3,(H3,17,19,20);1H. The number of nitrogens with zero attached hydrogens (tertiary/aromatic N) is 1. The van der Waals surface area contributed by atoms with Gasteiger partial charge in [-0.05, 0) is 43.8 Å². The van der Waals surface area contributed by atoms with Crippen LogP contribution in [0.3, 0.4) is 0 Å². The number of aliphatic imine (C=N–C) groups is 1. The molecule has 0 saturated carbocycles.